The Hall–Kier alpha value is -1.36. The van der Waals surface area contributed by atoms with Gasteiger partial charge < -0.3 is 15.4 Å². The lowest BCUT2D eigenvalue weighted by atomic mass is 10.0. The molecule has 0 atom stereocenters. The number of nitrogens with zero attached hydrogens (tertiary/aromatic N) is 3. The molecule has 0 unspecified atom stereocenters. The van der Waals surface area contributed by atoms with Crippen LogP contribution in [0.1, 0.15) is 19.5 Å². The summed E-state index contributed by atoms with van der Waals surface area (Å²) in [6.07, 6.45) is 0.130. The number of hydrogen-bond donors (Lipinski definition) is 1. The smallest absolute Gasteiger partial charge is 0.228 e. The summed E-state index contributed by atoms with van der Waals surface area (Å²) >= 11 is 0. The van der Waals surface area contributed by atoms with Gasteiger partial charge in [0, 0.05) is 30.8 Å². The third kappa shape index (κ3) is 2.85. The fourth-order valence-corrected chi connectivity index (χ4v) is 1.85. The second-order valence-electron chi connectivity index (χ2n) is 4.82. The summed E-state index contributed by atoms with van der Waals surface area (Å²) in [6.45, 7) is 8.56. The number of rotatable bonds is 4. The second kappa shape index (κ2) is 4.87. The molecule has 0 spiro atoms. The molecule has 0 amide bonds. The molecule has 0 bridgehead atoms. The van der Waals surface area contributed by atoms with Gasteiger partial charge in [-0.3, -0.25) is 0 Å². The maximum Gasteiger partial charge on any atom is 0.228 e. The molecule has 1 aromatic rings. The van der Waals surface area contributed by atoms with Crippen LogP contribution in [0.2, 0.25) is 0 Å². The van der Waals surface area contributed by atoms with Crippen molar-refractivity contribution in [3.05, 3.63) is 11.8 Å². The highest BCUT2D eigenvalue weighted by Gasteiger charge is 2.27. The van der Waals surface area contributed by atoms with Crippen LogP contribution in [0.3, 0.4) is 0 Å². The van der Waals surface area contributed by atoms with Gasteiger partial charge in [-0.1, -0.05) is 0 Å². The van der Waals surface area contributed by atoms with Crippen molar-refractivity contribution in [3.63, 3.8) is 0 Å². The lowest BCUT2D eigenvalue weighted by Gasteiger charge is -2.38. The molecule has 94 valence electrons. The van der Waals surface area contributed by atoms with E-state index in [1.165, 1.54) is 0 Å². The Morgan fingerprint density at radius 3 is 2.76 bits per heavy atom. The van der Waals surface area contributed by atoms with Crippen LogP contribution in [0.5, 0.6) is 5.88 Å². The Morgan fingerprint density at radius 2 is 2.18 bits per heavy atom. The Labute approximate surface area is 102 Å². The molecular formula is C12H20N4O. The molecule has 5 nitrogen and oxygen atoms in total. The number of ether oxygens (including phenoxy) is 1. The second-order valence-corrected chi connectivity index (χ2v) is 4.82. The molecule has 1 aliphatic heterocycles. The van der Waals surface area contributed by atoms with Crippen LogP contribution in [0, 0.1) is 12.8 Å². The van der Waals surface area contributed by atoms with Gasteiger partial charge in [0.15, 0.2) is 0 Å². The van der Waals surface area contributed by atoms with Crippen molar-refractivity contribution in [1.29, 1.82) is 0 Å². The average Bonchev–Trinajstić information content (AvgIpc) is 2.13. The average molecular weight is 236 g/mol. The maximum absolute atomic E-state index is 5.61. The van der Waals surface area contributed by atoms with Crippen molar-refractivity contribution in [2.24, 2.45) is 11.7 Å². The van der Waals surface area contributed by atoms with Crippen LogP contribution in [0.25, 0.3) is 0 Å². The van der Waals surface area contributed by atoms with E-state index in [1.54, 1.807) is 0 Å². The minimum absolute atomic E-state index is 0.130. The van der Waals surface area contributed by atoms with Gasteiger partial charge in [0.1, 0.15) is 0 Å². The van der Waals surface area contributed by atoms with Crippen molar-refractivity contribution in [1.82, 2.24) is 9.97 Å². The van der Waals surface area contributed by atoms with Gasteiger partial charge in [-0.05, 0) is 27.3 Å². The first-order valence-corrected chi connectivity index (χ1v) is 6.06. The Balaban J connectivity index is 2.10. The third-order valence-electron chi connectivity index (χ3n) is 2.75. The zero-order valence-electron chi connectivity index (χ0n) is 10.7. The topological polar surface area (TPSA) is 64.3 Å². The Kier molecular flexibility index (Phi) is 3.47. The predicted octanol–water partition coefficient (Wildman–Crippen LogP) is 0.967. The van der Waals surface area contributed by atoms with Gasteiger partial charge in [0.2, 0.25) is 11.8 Å². The van der Waals surface area contributed by atoms with Gasteiger partial charge in [-0.25, -0.2) is 4.98 Å². The molecule has 0 saturated carbocycles. The fourth-order valence-electron chi connectivity index (χ4n) is 1.85. The van der Waals surface area contributed by atoms with E-state index >= 15 is 0 Å². The summed E-state index contributed by atoms with van der Waals surface area (Å²) in [5.41, 5.74) is 6.54. The van der Waals surface area contributed by atoms with Gasteiger partial charge in [-0.15, -0.1) is 0 Å². The minimum atomic E-state index is 0.130. The molecule has 1 aromatic heterocycles. The van der Waals surface area contributed by atoms with Crippen molar-refractivity contribution in [3.8, 4) is 5.88 Å². The van der Waals surface area contributed by atoms with Crippen molar-refractivity contribution < 1.29 is 4.74 Å². The lowest BCUT2D eigenvalue weighted by molar-refractivity contribution is 0.231. The van der Waals surface area contributed by atoms with E-state index in [1.807, 2.05) is 26.8 Å². The van der Waals surface area contributed by atoms with E-state index in [-0.39, 0.29) is 6.10 Å². The van der Waals surface area contributed by atoms with Crippen molar-refractivity contribution in [2.75, 3.05) is 24.5 Å². The van der Waals surface area contributed by atoms with Gasteiger partial charge >= 0.3 is 0 Å². The first-order chi connectivity index (χ1) is 8.08. The van der Waals surface area contributed by atoms with Crippen LogP contribution in [-0.2, 0) is 0 Å². The number of aromatic nitrogens is 2. The van der Waals surface area contributed by atoms with E-state index in [4.69, 9.17) is 10.5 Å². The molecule has 2 N–H and O–H groups in total. The van der Waals surface area contributed by atoms with Crippen molar-refractivity contribution in [2.45, 2.75) is 26.9 Å². The SMILES string of the molecule is Cc1cc(OC(C)C)nc(N2CC(CN)C2)n1. The first-order valence-electron chi connectivity index (χ1n) is 6.06. The Bertz CT molecular complexity index is 388. The molecule has 1 aliphatic rings. The molecular weight excluding hydrogens is 216 g/mol. The highest BCUT2D eigenvalue weighted by molar-refractivity contribution is 5.37. The molecule has 17 heavy (non-hydrogen) atoms. The summed E-state index contributed by atoms with van der Waals surface area (Å²) in [7, 11) is 0. The Morgan fingerprint density at radius 1 is 1.47 bits per heavy atom. The highest BCUT2D eigenvalue weighted by atomic mass is 16.5. The molecule has 0 radical (unpaired) electrons. The predicted molar refractivity (Wildman–Crippen MR) is 67.3 cm³/mol. The van der Waals surface area contributed by atoms with E-state index in [2.05, 4.69) is 14.9 Å². The van der Waals surface area contributed by atoms with Crippen LogP contribution in [-0.4, -0.2) is 35.7 Å². The molecule has 0 aromatic carbocycles. The molecule has 0 aliphatic carbocycles. The lowest BCUT2D eigenvalue weighted by Crippen LogP contribution is -2.50. The quantitative estimate of drug-likeness (QED) is 0.843. The van der Waals surface area contributed by atoms with Gasteiger partial charge in [-0.2, -0.15) is 4.98 Å². The van der Waals surface area contributed by atoms with Crippen LogP contribution >= 0.6 is 0 Å². The summed E-state index contributed by atoms with van der Waals surface area (Å²) < 4.78 is 5.61. The highest BCUT2D eigenvalue weighted by Crippen LogP contribution is 2.23. The molecule has 1 saturated heterocycles. The van der Waals surface area contributed by atoms with Crippen molar-refractivity contribution >= 4 is 5.95 Å². The van der Waals surface area contributed by atoms with E-state index < -0.39 is 0 Å². The zero-order valence-corrected chi connectivity index (χ0v) is 10.7. The third-order valence-corrected chi connectivity index (χ3v) is 2.75. The van der Waals surface area contributed by atoms with Crippen LogP contribution in [0.4, 0.5) is 5.95 Å². The molecule has 2 heterocycles. The number of nitrogens with two attached hydrogens (primary N) is 1. The standard InChI is InChI=1S/C12H20N4O/c1-8(2)17-11-4-9(3)14-12(15-11)16-6-10(5-13)7-16/h4,8,10H,5-7,13H2,1-3H3. The van der Waals surface area contributed by atoms with Gasteiger partial charge in [0.05, 0.1) is 6.10 Å². The molecule has 2 rings (SSSR count). The molecule has 1 fully saturated rings. The van der Waals surface area contributed by atoms with E-state index in [9.17, 15) is 0 Å². The maximum atomic E-state index is 5.61. The van der Waals surface area contributed by atoms with E-state index in [0.717, 1.165) is 31.3 Å². The molecule has 5 heteroatoms. The number of anilines is 1. The van der Waals surface area contributed by atoms with Crippen LogP contribution in [0.15, 0.2) is 6.07 Å². The van der Waals surface area contributed by atoms with Gasteiger partial charge in [0.25, 0.3) is 0 Å². The summed E-state index contributed by atoms with van der Waals surface area (Å²) in [5.74, 6) is 1.98. The first kappa shape index (κ1) is 12.1. The largest absolute Gasteiger partial charge is 0.475 e. The van der Waals surface area contributed by atoms with E-state index in [0.29, 0.717) is 11.8 Å². The normalized spacial score (nSPS) is 16.2. The van der Waals surface area contributed by atoms with Crippen LogP contribution < -0.4 is 15.4 Å². The summed E-state index contributed by atoms with van der Waals surface area (Å²) in [5, 5.41) is 0. The summed E-state index contributed by atoms with van der Waals surface area (Å²) in [6, 6.07) is 1.86. The number of hydrogen-bond acceptors (Lipinski definition) is 5. The summed E-state index contributed by atoms with van der Waals surface area (Å²) in [4.78, 5) is 11.0. The monoisotopic (exact) mass is 236 g/mol. The zero-order chi connectivity index (χ0) is 12.4. The fraction of sp³-hybridized carbons (Fsp3) is 0.667. The number of aryl methyl sites for hydroxylation is 1. The minimum Gasteiger partial charge on any atom is -0.475 e.